The van der Waals surface area contributed by atoms with Crippen LogP contribution in [0.15, 0.2) is 60.9 Å². The van der Waals surface area contributed by atoms with E-state index >= 15 is 0 Å². The van der Waals surface area contributed by atoms with Gasteiger partial charge in [-0.1, -0.05) is 24.3 Å². The van der Waals surface area contributed by atoms with Crippen molar-refractivity contribution in [2.24, 2.45) is 0 Å². The first-order chi connectivity index (χ1) is 13.7. The van der Waals surface area contributed by atoms with Gasteiger partial charge in [0.2, 0.25) is 0 Å². The van der Waals surface area contributed by atoms with Crippen LogP contribution in [-0.4, -0.2) is 36.7 Å². The van der Waals surface area contributed by atoms with Gasteiger partial charge in [0.1, 0.15) is 23.7 Å². The number of carbonyl (C=O) groups excluding carboxylic acids is 1. The molecule has 2 N–H and O–H groups in total. The second-order valence-electron chi connectivity index (χ2n) is 5.98. The molecule has 0 unspecified atom stereocenters. The van der Waals surface area contributed by atoms with Gasteiger partial charge in [0.05, 0.1) is 25.5 Å². The van der Waals surface area contributed by atoms with E-state index in [-0.39, 0.29) is 0 Å². The summed E-state index contributed by atoms with van der Waals surface area (Å²) >= 11 is 0. The van der Waals surface area contributed by atoms with E-state index in [1.165, 1.54) is 19.0 Å². The lowest BCUT2D eigenvalue weighted by Gasteiger charge is -2.11. The van der Waals surface area contributed by atoms with Gasteiger partial charge in [0.15, 0.2) is 0 Å². The van der Waals surface area contributed by atoms with E-state index in [9.17, 15) is 4.79 Å². The minimum Gasteiger partial charge on any atom is -0.497 e. The maximum atomic E-state index is 11.9. The fourth-order valence-electron chi connectivity index (χ4n) is 2.67. The number of methoxy groups -OCH3 is 2. The molecular weight excluding hydrogens is 356 g/mol. The minimum atomic E-state index is -0.407. The molecule has 0 fully saturated rings. The lowest BCUT2D eigenvalue weighted by atomic mass is 10.1. The van der Waals surface area contributed by atoms with Crippen LogP contribution >= 0.6 is 0 Å². The molecule has 1 aromatic heterocycles. The zero-order chi connectivity index (χ0) is 19.8. The molecule has 0 bridgehead atoms. The highest BCUT2D eigenvalue weighted by Gasteiger charge is 2.11. The Kier molecular flexibility index (Phi) is 6.41. The summed E-state index contributed by atoms with van der Waals surface area (Å²) in [5.41, 5.74) is 2.27. The molecule has 144 valence electrons. The molecule has 3 rings (SSSR count). The largest absolute Gasteiger partial charge is 0.497 e. The number of hydrogen-bond acceptors (Lipinski definition) is 7. The molecule has 7 nitrogen and oxygen atoms in total. The molecule has 0 saturated carbocycles. The van der Waals surface area contributed by atoms with Gasteiger partial charge >= 0.3 is 5.97 Å². The lowest BCUT2D eigenvalue weighted by molar-refractivity contribution is 0.0602. The predicted octanol–water partition coefficient (Wildman–Crippen LogP) is 3.67. The normalized spacial score (nSPS) is 10.2. The number of benzene rings is 2. The second kappa shape index (κ2) is 9.36. The number of nitrogens with one attached hydrogen (secondary N) is 2. The van der Waals surface area contributed by atoms with Crippen molar-refractivity contribution in [3.05, 3.63) is 72.1 Å². The van der Waals surface area contributed by atoms with Crippen LogP contribution in [0.2, 0.25) is 0 Å². The molecule has 0 amide bonds. The van der Waals surface area contributed by atoms with Crippen molar-refractivity contribution in [2.75, 3.05) is 31.4 Å². The maximum absolute atomic E-state index is 11.9. The zero-order valence-electron chi connectivity index (χ0n) is 15.8. The van der Waals surface area contributed by atoms with Crippen molar-refractivity contribution in [3.8, 4) is 5.75 Å². The number of anilines is 3. The van der Waals surface area contributed by atoms with Gasteiger partial charge in [-0.2, -0.15) is 0 Å². The summed E-state index contributed by atoms with van der Waals surface area (Å²) in [6.07, 6.45) is 2.32. The van der Waals surface area contributed by atoms with Crippen LogP contribution in [0.3, 0.4) is 0 Å². The first-order valence-electron chi connectivity index (χ1n) is 8.83. The molecular formula is C21H22N4O3. The van der Waals surface area contributed by atoms with Gasteiger partial charge in [-0.3, -0.25) is 0 Å². The van der Waals surface area contributed by atoms with Crippen LogP contribution in [0, 0.1) is 0 Å². The summed E-state index contributed by atoms with van der Waals surface area (Å²) in [5.74, 6) is 1.71. The van der Waals surface area contributed by atoms with Crippen LogP contribution in [0.5, 0.6) is 5.75 Å². The third-order valence-corrected chi connectivity index (χ3v) is 4.14. The lowest BCUT2D eigenvalue weighted by Crippen LogP contribution is -2.08. The highest BCUT2D eigenvalue weighted by molar-refractivity contribution is 5.96. The van der Waals surface area contributed by atoms with E-state index in [4.69, 9.17) is 9.47 Å². The molecule has 0 aliphatic rings. The molecule has 0 aliphatic heterocycles. The van der Waals surface area contributed by atoms with Crippen molar-refractivity contribution in [3.63, 3.8) is 0 Å². The molecule has 2 aromatic carbocycles. The highest BCUT2D eigenvalue weighted by atomic mass is 16.5. The molecule has 7 heteroatoms. The van der Waals surface area contributed by atoms with Crippen molar-refractivity contribution >= 4 is 23.3 Å². The van der Waals surface area contributed by atoms with Crippen LogP contribution in [0.1, 0.15) is 15.9 Å². The molecule has 1 heterocycles. The number of ether oxygens (including phenoxy) is 2. The smallest absolute Gasteiger partial charge is 0.339 e. The Morgan fingerprint density at radius 1 is 1.00 bits per heavy atom. The summed E-state index contributed by atoms with van der Waals surface area (Å²) < 4.78 is 9.98. The van der Waals surface area contributed by atoms with Crippen molar-refractivity contribution in [2.45, 2.75) is 6.42 Å². The van der Waals surface area contributed by atoms with Gasteiger partial charge < -0.3 is 20.1 Å². The number of rotatable bonds is 8. The number of aromatic nitrogens is 2. The second-order valence-corrected chi connectivity index (χ2v) is 5.98. The monoisotopic (exact) mass is 378 g/mol. The van der Waals surface area contributed by atoms with E-state index in [0.29, 0.717) is 22.9 Å². The summed E-state index contributed by atoms with van der Waals surface area (Å²) in [6.45, 7) is 0.724. The van der Waals surface area contributed by atoms with Crippen LogP contribution < -0.4 is 15.4 Å². The Labute approximate surface area is 163 Å². The van der Waals surface area contributed by atoms with Crippen molar-refractivity contribution < 1.29 is 14.3 Å². The average molecular weight is 378 g/mol. The Hall–Kier alpha value is -3.61. The number of nitrogens with zero attached hydrogens (tertiary/aromatic N) is 2. The summed E-state index contributed by atoms with van der Waals surface area (Å²) in [6, 6.07) is 16.9. The Bertz CT molecular complexity index is 929. The van der Waals surface area contributed by atoms with E-state index in [1.54, 1.807) is 31.4 Å². The Morgan fingerprint density at radius 2 is 1.75 bits per heavy atom. The van der Waals surface area contributed by atoms with E-state index < -0.39 is 5.97 Å². The molecule has 0 radical (unpaired) electrons. The molecule has 0 spiro atoms. The maximum Gasteiger partial charge on any atom is 0.339 e. The third-order valence-electron chi connectivity index (χ3n) is 4.14. The topological polar surface area (TPSA) is 85.4 Å². The SMILES string of the molecule is COC(=O)c1ccccc1Nc1cc(NCCc2ccc(OC)cc2)ncn1. The van der Waals surface area contributed by atoms with E-state index in [2.05, 4.69) is 20.6 Å². The first-order valence-corrected chi connectivity index (χ1v) is 8.83. The highest BCUT2D eigenvalue weighted by Crippen LogP contribution is 2.21. The molecule has 0 saturated heterocycles. The molecule has 0 atom stereocenters. The fourth-order valence-corrected chi connectivity index (χ4v) is 2.67. The summed E-state index contributed by atoms with van der Waals surface area (Å²) in [7, 11) is 3.01. The third kappa shape index (κ3) is 4.97. The van der Waals surface area contributed by atoms with E-state index in [0.717, 1.165) is 18.7 Å². The first kappa shape index (κ1) is 19.2. The van der Waals surface area contributed by atoms with Crippen molar-refractivity contribution in [1.82, 2.24) is 9.97 Å². The van der Waals surface area contributed by atoms with Gasteiger partial charge in [-0.05, 0) is 36.2 Å². The molecule has 0 aliphatic carbocycles. The minimum absolute atomic E-state index is 0.407. The quantitative estimate of drug-likeness (QED) is 0.579. The van der Waals surface area contributed by atoms with Gasteiger partial charge in [-0.15, -0.1) is 0 Å². The molecule has 3 aromatic rings. The fraction of sp³-hybridized carbons (Fsp3) is 0.190. The zero-order valence-corrected chi connectivity index (χ0v) is 15.8. The van der Waals surface area contributed by atoms with Crippen LogP contribution in [0.25, 0.3) is 0 Å². The number of hydrogen-bond donors (Lipinski definition) is 2. The number of esters is 1. The van der Waals surface area contributed by atoms with Crippen LogP contribution in [-0.2, 0) is 11.2 Å². The van der Waals surface area contributed by atoms with E-state index in [1.807, 2.05) is 30.3 Å². The Morgan fingerprint density at radius 3 is 2.50 bits per heavy atom. The average Bonchev–Trinajstić information content (AvgIpc) is 2.74. The standard InChI is InChI=1S/C21H22N4O3/c1-27-16-9-7-15(8-10-16)11-12-22-19-13-20(24-14-23-19)25-18-6-4-3-5-17(18)21(26)28-2/h3-10,13-14H,11-12H2,1-2H3,(H2,22,23,24,25). The predicted molar refractivity (Wildman–Crippen MR) is 108 cm³/mol. The van der Waals surface area contributed by atoms with Crippen molar-refractivity contribution in [1.29, 1.82) is 0 Å². The molecule has 28 heavy (non-hydrogen) atoms. The Balaban J connectivity index is 1.62. The van der Waals surface area contributed by atoms with Gasteiger partial charge in [0, 0.05) is 12.6 Å². The van der Waals surface area contributed by atoms with Crippen LogP contribution in [0.4, 0.5) is 17.3 Å². The number of para-hydroxylation sites is 1. The van der Waals surface area contributed by atoms with Gasteiger partial charge in [-0.25, -0.2) is 14.8 Å². The van der Waals surface area contributed by atoms with Gasteiger partial charge in [0.25, 0.3) is 0 Å². The summed E-state index contributed by atoms with van der Waals surface area (Å²) in [5, 5.41) is 6.43. The summed E-state index contributed by atoms with van der Waals surface area (Å²) in [4.78, 5) is 20.4. The number of carbonyl (C=O) groups is 1.